The molecule has 1 aliphatic heterocycles. The molecule has 1 aliphatic rings. The van der Waals surface area contributed by atoms with Crippen molar-refractivity contribution < 1.29 is 21.6 Å². The van der Waals surface area contributed by atoms with Gasteiger partial charge in [0.05, 0.1) is 17.1 Å². The van der Waals surface area contributed by atoms with E-state index >= 15 is 0 Å². The van der Waals surface area contributed by atoms with Gasteiger partial charge < -0.3 is 5.32 Å². The zero-order valence-electron chi connectivity index (χ0n) is 11.3. The van der Waals surface area contributed by atoms with Crippen molar-refractivity contribution in [3.05, 3.63) is 24.0 Å². The molecule has 22 heavy (non-hydrogen) atoms. The molecule has 2 aromatic rings. The summed E-state index contributed by atoms with van der Waals surface area (Å²) in [6, 6.07) is 2.35. The molecule has 0 fully saturated rings. The topological polar surface area (TPSA) is 76.9 Å². The number of fused-ring (bicyclic) bond motifs is 1. The summed E-state index contributed by atoms with van der Waals surface area (Å²) in [7, 11) is -2.25. The van der Waals surface area contributed by atoms with E-state index in [-0.39, 0.29) is 28.7 Å². The number of hydrogen-bond acceptors (Lipinski definition) is 5. The van der Waals surface area contributed by atoms with Crippen molar-refractivity contribution in [2.45, 2.75) is 11.2 Å². The van der Waals surface area contributed by atoms with Crippen LogP contribution in [0.1, 0.15) is 5.69 Å². The lowest BCUT2D eigenvalue weighted by Gasteiger charge is -2.17. The van der Waals surface area contributed by atoms with Crippen LogP contribution in [-0.2, 0) is 23.1 Å². The molecule has 6 nitrogen and oxygen atoms in total. The molecule has 0 saturated heterocycles. The second-order valence-electron chi connectivity index (χ2n) is 4.86. The van der Waals surface area contributed by atoms with Crippen molar-refractivity contribution >= 4 is 15.5 Å². The number of rotatable bonds is 1. The van der Waals surface area contributed by atoms with E-state index in [9.17, 15) is 21.6 Å². The minimum atomic E-state index is -4.51. The molecule has 3 heterocycles. The van der Waals surface area contributed by atoms with Gasteiger partial charge in [0.1, 0.15) is 5.69 Å². The molecule has 0 radical (unpaired) electrons. The molecule has 118 valence electrons. The number of hydrogen-bond donors (Lipinski definition) is 1. The van der Waals surface area contributed by atoms with Crippen LogP contribution in [-0.4, -0.2) is 35.5 Å². The molecule has 0 spiro atoms. The lowest BCUT2D eigenvalue weighted by atomic mass is 10.2. The highest BCUT2D eigenvalue weighted by Crippen LogP contribution is 2.33. The van der Waals surface area contributed by atoms with Crippen LogP contribution in [0.15, 0.2) is 23.4 Å². The van der Waals surface area contributed by atoms with Crippen LogP contribution >= 0.6 is 0 Å². The van der Waals surface area contributed by atoms with Crippen molar-refractivity contribution in [3.63, 3.8) is 0 Å². The number of sulfone groups is 1. The second kappa shape index (κ2) is 4.70. The minimum absolute atomic E-state index is 0.0614. The van der Waals surface area contributed by atoms with Gasteiger partial charge in [-0.25, -0.2) is 13.4 Å². The summed E-state index contributed by atoms with van der Waals surface area (Å²) in [5.41, 5.74) is -0.215. The number of aryl methyl sites for hydroxylation is 1. The van der Waals surface area contributed by atoms with Crippen molar-refractivity contribution in [2.24, 2.45) is 7.05 Å². The summed E-state index contributed by atoms with van der Waals surface area (Å²) in [5, 5.41) is 6.61. The highest BCUT2D eigenvalue weighted by molar-refractivity contribution is 7.91. The van der Waals surface area contributed by atoms with Gasteiger partial charge in [0.2, 0.25) is 0 Å². The number of nitrogens with one attached hydrogen (secondary N) is 1. The van der Waals surface area contributed by atoms with Gasteiger partial charge in [0, 0.05) is 25.4 Å². The Kier molecular flexibility index (Phi) is 3.17. The van der Waals surface area contributed by atoms with Crippen LogP contribution < -0.4 is 5.32 Å². The maximum Gasteiger partial charge on any atom is 0.433 e. The summed E-state index contributed by atoms with van der Waals surface area (Å²) in [5.74, 6) is -0.0614. The lowest BCUT2D eigenvalue weighted by Crippen LogP contribution is -2.24. The van der Waals surface area contributed by atoms with Crippen LogP contribution in [0.2, 0.25) is 0 Å². The van der Waals surface area contributed by atoms with Gasteiger partial charge in [-0.3, -0.25) is 4.68 Å². The molecule has 10 heteroatoms. The van der Waals surface area contributed by atoms with Gasteiger partial charge in [0.15, 0.2) is 14.9 Å². The average molecular weight is 332 g/mol. The third-order valence-electron chi connectivity index (χ3n) is 3.30. The Morgan fingerprint density at radius 2 is 2.05 bits per heavy atom. The SMILES string of the molecule is Cn1nc(-c2cnc3c(c2)NCCS3(=O)=O)cc1C(F)(F)F. The van der Waals surface area contributed by atoms with E-state index in [1.807, 2.05) is 0 Å². The van der Waals surface area contributed by atoms with E-state index in [0.29, 0.717) is 5.56 Å². The number of anilines is 1. The first-order valence-electron chi connectivity index (χ1n) is 6.27. The molecule has 0 saturated carbocycles. The highest BCUT2D eigenvalue weighted by Gasteiger charge is 2.35. The predicted molar refractivity (Wildman–Crippen MR) is 72.0 cm³/mol. The average Bonchev–Trinajstić information content (AvgIpc) is 2.80. The molecule has 0 aromatic carbocycles. The number of halogens is 3. The van der Waals surface area contributed by atoms with Crippen molar-refractivity contribution in [2.75, 3.05) is 17.6 Å². The highest BCUT2D eigenvalue weighted by atomic mass is 32.2. The Morgan fingerprint density at radius 3 is 2.68 bits per heavy atom. The summed E-state index contributed by atoms with van der Waals surface area (Å²) < 4.78 is 62.8. The van der Waals surface area contributed by atoms with Crippen LogP contribution in [0.25, 0.3) is 11.3 Å². The first-order valence-corrected chi connectivity index (χ1v) is 7.92. The van der Waals surface area contributed by atoms with E-state index in [1.165, 1.54) is 19.3 Å². The molecule has 0 amide bonds. The summed E-state index contributed by atoms with van der Waals surface area (Å²) in [6.07, 6.45) is -3.30. The van der Waals surface area contributed by atoms with Gasteiger partial charge in [-0.05, 0) is 12.1 Å². The maximum absolute atomic E-state index is 12.8. The van der Waals surface area contributed by atoms with Gasteiger partial charge in [0.25, 0.3) is 0 Å². The molecule has 2 aromatic heterocycles. The Morgan fingerprint density at radius 1 is 1.32 bits per heavy atom. The first-order chi connectivity index (χ1) is 10.2. The number of nitrogens with zero attached hydrogens (tertiary/aromatic N) is 3. The first kappa shape index (κ1) is 14.8. The quantitative estimate of drug-likeness (QED) is 0.860. The number of alkyl halides is 3. The Balaban J connectivity index is 2.08. The van der Waals surface area contributed by atoms with Crippen LogP contribution in [0.4, 0.5) is 18.9 Å². The van der Waals surface area contributed by atoms with Crippen molar-refractivity contribution in [1.82, 2.24) is 14.8 Å². The molecular formula is C12H11F3N4O2S. The fraction of sp³-hybridized carbons (Fsp3) is 0.333. The standard InChI is InChI=1S/C12H11F3N4O2S/c1-19-10(12(13,14)15)5-8(18-19)7-4-9-11(17-6-7)22(20,21)3-2-16-9/h4-6,16H,2-3H2,1H3. The number of pyridine rings is 1. The predicted octanol–water partition coefficient (Wildman–Crippen LogP) is 1.70. The van der Waals surface area contributed by atoms with Crippen LogP contribution in [0.5, 0.6) is 0 Å². The molecule has 0 atom stereocenters. The Hall–Kier alpha value is -2.10. The summed E-state index contributed by atoms with van der Waals surface area (Å²) in [4.78, 5) is 3.87. The maximum atomic E-state index is 12.8. The van der Waals surface area contributed by atoms with E-state index in [1.54, 1.807) is 0 Å². The molecule has 1 N–H and O–H groups in total. The third-order valence-corrected chi connectivity index (χ3v) is 4.95. The number of aromatic nitrogens is 3. The minimum Gasteiger partial charge on any atom is -0.382 e. The van der Waals surface area contributed by atoms with E-state index in [4.69, 9.17) is 0 Å². The lowest BCUT2D eigenvalue weighted by molar-refractivity contribution is -0.143. The molecule has 0 bridgehead atoms. The van der Waals surface area contributed by atoms with E-state index in [2.05, 4.69) is 15.4 Å². The van der Waals surface area contributed by atoms with Crippen molar-refractivity contribution in [3.8, 4) is 11.3 Å². The monoisotopic (exact) mass is 332 g/mol. The second-order valence-corrected chi connectivity index (χ2v) is 6.88. The van der Waals surface area contributed by atoms with Gasteiger partial charge in [-0.2, -0.15) is 18.3 Å². The largest absolute Gasteiger partial charge is 0.433 e. The van der Waals surface area contributed by atoms with E-state index in [0.717, 1.165) is 10.7 Å². The van der Waals surface area contributed by atoms with Gasteiger partial charge in [-0.1, -0.05) is 0 Å². The summed E-state index contributed by atoms with van der Waals surface area (Å²) in [6.45, 7) is 0.233. The van der Waals surface area contributed by atoms with Crippen LogP contribution in [0, 0.1) is 0 Å². The smallest absolute Gasteiger partial charge is 0.382 e. The molecule has 3 rings (SSSR count). The van der Waals surface area contributed by atoms with Gasteiger partial charge >= 0.3 is 6.18 Å². The fourth-order valence-corrected chi connectivity index (χ4v) is 3.50. The van der Waals surface area contributed by atoms with E-state index < -0.39 is 21.7 Å². The molecular weight excluding hydrogens is 321 g/mol. The molecule has 0 aliphatic carbocycles. The van der Waals surface area contributed by atoms with Crippen molar-refractivity contribution in [1.29, 1.82) is 0 Å². The van der Waals surface area contributed by atoms with Gasteiger partial charge in [-0.15, -0.1) is 0 Å². The zero-order chi connectivity index (χ0) is 16.1. The normalized spacial score (nSPS) is 16.9. The Bertz CT molecular complexity index is 843. The molecule has 0 unspecified atom stereocenters. The van der Waals surface area contributed by atoms with Crippen LogP contribution in [0.3, 0.4) is 0 Å². The third kappa shape index (κ3) is 2.43. The fourth-order valence-electron chi connectivity index (χ4n) is 2.26. The Labute approximate surface area is 123 Å². The zero-order valence-corrected chi connectivity index (χ0v) is 12.2. The summed E-state index contributed by atoms with van der Waals surface area (Å²) >= 11 is 0.